The Morgan fingerprint density at radius 3 is 2.59 bits per heavy atom. The van der Waals surface area contributed by atoms with E-state index in [1.165, 1.54) is 42.4 Å². The second kappa shape index (κ2) is 6.92. The van der Waals surface area contributed by atoms with Crippen molar-refractivity contribution in [2.75, 3.05) is 11.8 Å². The molecule has 0 fully saturated rings. The van der Waals surface area contributed by atoms with E-state index >= 15 is 0 Å². The zero-order chi connectivity index (χ0) is 19.6. The molecule has 2 aromatic carbocycles. The van der Waals surface area contributed by atoms with E-state index in [4.69, 9.17) is 9.84 Å². The van der Waals surface area contributed by atoms with Crippen LogP contribution in [0.25, 0.3) is 5.69 Å². The minimum atomic E-state index is -4.05. The number of aromatic hydroxyl groups is 1. The normalized spacial score (nSPS) is 11.1. The van der Waals surface area contributed by atoms with Gasteiger partial charge in [-0.2, -0.15) is 4.68 Å². The maximum Gasteiger partial charge on any atom is 0.339 e. The molecule has 0 radical (unpaired) electrons. The van der Waals surface area contributed by atoms with Gasteiger partial charge in [0.05, 0.1) is 17.7 Å². The molecule has 3 rings (SSSR count). The van der Waals surface area contributed by atoms with Crippen LogP contribution in [0.15, 0.2) is 47.6 Å². The zero-order valence-corrected chi connectivity index (χ0v) is 14.6. The molecule has 0 aliphatic carbocycles. The van der Waals surface area contributed by atoms with Crippen LogP contribution in [0.2, 0.25) is 0 Å². The number of benzene rings is 2. The van der Waals surface area contributed by atoms with Crippen LogP contribution in [0, 0.1) is 0 Å². The fraction of sp³-hybridized carbons (Fsp3) is 0.0667. The summed E-state index contributed by atoms with van der Waals surface area (Å²) in [5.74, 6) is -1.54. The highest BCUT2D eigenvalue weighted by Gasteiger charge is 2.19. The number of aromatic nitrogens is 4. The molecule has 0 spiro atoms. The van der Waals surface area contributed by atoms with E-state index in [-0.39, 0.29) is 16.1 Å². The standard InChI is InChI=1S/C15H13N5O6S/c1-26-14-5-3-10(7-12(14)20-8-16-18-19-20)27(24,25)17-9-2-4-11(15(22)23)13(21)6-9/h2-8,17,21H,1H3,(H,22,23). The van der Waals surface area contributed by atoms with Crippen molar-refractivity contribution >= 4 is 21.7 Å². The van der Waals surface area contributed by atoms with Crippen LogP contribution in [0.1, 0.15) is 10.4 Å². The van der Waals surface area contributed by atoms with Crippen LogP contribution < -0.4 is 9.46 Å². The molecule has 1 aromatic heterocycles. The van der Waals surface area contributed by atoms with Gasteiger partial charge in [-0.15, -0.1) is 5.10 Å². The Balaban J connectivity index is 1.97. The van der Waals surface area contributed by atoms with E-state index in [9.17, 15) is 18.3 Å². The third kappa shape index (κ3) is 3.64. The quantitative estimate of drug-likeness (QED) is 0.555. The first-order valence-electron chi connectivity index (χ1n) is 7.32. The summed E-state index contributed by atoms with van der Waals surface area (Å²) in [5, 5.41) is 29.3. The smallest absolute Gasteiger partial charge is 0.339 e. The third-order valence-electron chi connectivity index (χ3n) is 3.54. The van der Waals surface area contributed by atoms with Crippen molar-refractivity contribution < 1.29 is 28.2 Å². The van der Waals surface area contributed by atoms with Crippen molar-refractivity contribution in [3.05, 3.63) is 48.3 Å². The first-order valence-corrected chi connectivity index (χ1v) is 8.80. The Hall–Kier alpha value is -3.67. The molecular formula is C15H13N5O6S. The topological polar surface area (TPSA) is 157 Å². The van der Waals surface area contributed by atoms with Gasteiger partial charge in [0.25, 0.3) is 10.0 Å². The van der Waals surface area contributed by atoms with Crippen LogP contribution in [-0.4, -0.2) is 51.9 Å². The number of hydrogen-bond acceptors (Lipinski definition) is 8. The highest BCUT2D eigenvalue weighted by atomic mass is 32.2. The number of methoxy groups -OCH3 is 1. The molecule has 11 nitrogen and oxygen atoms in total. The van der Waals surface area contributed by atoms with E-state index in [2.05, 4.69) is 20.2 Å². The molecule has 1 heterocycles. The minimum absolute atomic E-state index is 0.00251. The molecular weight excluding hydrogens is 378 g/mol. The fourth-order valence-corrected chi connectivity index (χ4v) is 3.35. The predicted molar refractivity (Wildman–Crippen MR) is 91.6 cm³/mol. The van der Waals surface area contributed by atoms with Gasteiger partial charge in [0, 0.05) is 6.07 Å². The Bertz CT molecular complexity index is 1100. The Morgan fingerprint density at radius 2 is 2.00 bits per heavy atom. The van der Waals surface area contributed by atoms with Gasteiger partial charge >= 0.3 is 5.97 Å². The molecule has 0 aliphatic rings. The number of carboxylic acid groups (broad SMARTS) is 1. The number of rotatable bonds is 6. The van der Waals surface area contributed by atoms with Crippen LogP contribution in [0.5, 0.6) is 11.5 Å². The summed E-state index contributed by atoms with van der Waals surface area (Å²) in [6, 6.07) is 7.40. The van der Waals surface area contributed by atoms with E-state index in [1.54, 1.807) is 0 Å². The van der Waals surface area contributed by atoms with E-state index in [1.807, 2.05) is 0 Å². The lowest BCUT2D eigenvalue weighted by Gasteiger charge is -2.12. The number of anilines is 1. The van der Waals surface area contributed by atoms with Crippen molar-refractivity contribution in [2.45, 2.75) is 4.90 Å². The van der Waals surface area contributed by atoms with Gasteiger partial charge in [-0.3, -0.25) is 4.72 Å². The lowest BCUT2D eigenvalue weighted by molar-refractivity contribution is 0.0694. The van der Waals surface area contributed by atoms with Crippen LogP contribution in [-0.2, 0) is 10.0 Å². The lowest BCUT2D eigenvalue weighted by Crippen LogP contribution is -2.14. The molecule has 0 aliphatic heterocycles. The second-order valence-electron chi connectivity index (χ2n) is 5.23. The first-order chi connectivity index (χ1) is 12.8. The van der Waals surface area contributed by atoms with E-state index in [0.717, 1.165) is 12.1 Å². The van der Waals surface area contributed by atoms with Crippen molar-refractivity contribution in [3.8, 4) is 17.2 Å². The number of ether oxygens (including phenoxy) is 1. The number of carboxylic acids is 1. The summed E-state index contributed by atoms with van der Waals surface area (Å²) in [5.41, 5.74) is -0.0462. The molecule has 3 N–H and O–H groups in total. The van der Waals surface area contributed by atoms with E-state index < -0.39 is 21.7 Å². The van der Waals surface area contributed by atoms with Crippen LogP contribution >= 0.6 is 0 Å². The van der Waals surface area contributed by atoms with Gasteiger partial charge in [-0.05, 0) is 40.8 Å². The molecule has 0 bridgehead atoms. The summed E-state index contributed by atoms with van der Waals surface area (Å²) in [6.07, 6.45) is 1.28. The highest BCUT2D eigenvalue weighted by Crippen LogP contribution is 2.28. The molecule has 0 saturated heterocycles. The maximum atomic E-state index is 12.6. The van der Waals surface area contributed by atoms with Crippen molar-refractivity contribution in [3.63, 3.8) is 0 Å². The summed E-state index contributed by atoms with van der Waals surface area (Å²) in [4.78, 5) is 10.8. The summed E-state index contributed by atoms with van der Waals surface area (Å²) >= 11 is 0. The van der Waals surface area contributed by atoms with Crippen molar-refractivity contribution in [1.82, 2.24) is 20.2 Å². The van der Waals surface area contributed by atoms with Gasteiger partial charge in [-0.1, -0.05) is 0 Å². The number of carbonyl (C=O) groups is 1. The largest absolute Gasteiger partial charge is 0.507 e. The molecule has 12 heteroatoms. The third-order valence-corrected chi connectivity index (χ3v) is 4.92. The summed E-state index contributed by atoms with van der Waals surface area (Å²) in [7, 11) is -2.63. The number of sulfonamides is 1. The molecule has 3 aromatic rings. The summed E-state index contributed by atoms with van der Waals surface area (Å²) in [6.45, 7) is 0. The van der Waals surface area contributed by atoms with E-state index in [0.29, 0.717) is 11.4 Å². The average Bonchev–Trinajstić information content (AvgIpc) is 3.15. The fourth-order valence-electron chi connectivity index (χ4n) is 2.28. The Morgan fingerprint density at radius 1 is 1.22 bits per heavy atom. The van der Waals surface area contributed by atoms with Gasteiger partial charge in [0.2, 0.25) is 0 Å². The number of tetrazole rings is 1. The minimum Gasteiger partial charge on any atom is -0.507 e. The summed E-state index contributed by atoms with van der Waals surface area (Å²) < 4.78 is 34.0. The van der Waals surface area contributed by atoms with Crippen LogP contribution in [0.3, 0.4) is 0 Å². The molecule has 0 atom stereocenters. The second-order valence-corrected chi connectivity index (χ2v) is 6.91. The van der Waals surface area contributed by atoms with Gasteiger partial charge in [-0.25, -0.2) is 13.2 Å². The molecule has 0 saturated carbocycles. The SMILES string of the molecule is COc1ccc(S(=O)(=O)Nc2ccc(C(=O)O)c(O)c2)cc1-n1cnnn1. The van der Waals surface area contributed by atoms with Gasteiger partial charge in [0.15, 0.2) is 0 Å². The lowest BCUT2D eigenvalue weighted by atomic mass is 10.2. The Labute approximate surface area is 152 Å². The number of hydrogen-bond donors (Lipinski definition) is 3. The average molecular weight is 391 g/mol. The monoisotopic (exact) mass is 391 g/mol. The zero-order valence-electron chi connectivity index (χ0n) is 13.8. The number of aromatic carboxylic acids is 1. The first kappa shape index (κ1) is 18.1. The molecule has 0 amide bonds. The predicted octanol–water partition coefficient (Wildman–Crippen LogP) is 0.875. The van der Waals surface area contributed by atoms with Gasteiger partial charge in [0.1, 0.15) is 29.1 Å². The maximum absolute atomic E-state index is 12.6. The Kier molecular flexibility index (Phi) is 4.64. The molecule has 140 valence electrons. The molecule has 27 heavy (non-hydrogen) atoms. The number of nitrogens with one attached hydrogen (secondary N) is 1. The molecule has 0 unspecified atom stereocenters. The number of nitrogens with zero attached hydrogens (tertiary/aromatic N) is 4. The van der Waals surface area contributed by atoms with Crippen molar-refractivity contribution in [2.24, 2.45) is 0 Å². The number of phenols is 1. The van der Waals surface area contributed by atoms with Crippen molar-refractivity contribution in [1.29, 1.82) is 0 Å². The van der Waals surface area contributed by atoms with Gasteiger partial charge < -0.3 is 14.9 Å². The van der Waals surface area contributed by atoms with Crippen LogP contribution in [0.4, 0.5) is 5.69 Å². The highest BCUT2D eigenvalue weighted by molar-refractivity contribution is 7.92.